The summed E-state index contributed by atoms with van der Waals surface area (Å²) >= 11 is 0. The number of hydrogen-bond donors (Lipinski definition) is 0. The minimum atomic E-state index is -0.659. The van der Waals surface area contributed by atoms with E-state index in [1.54, 1.807) is 43.5 Å². The number of ether oxygens (including phenoxy) is 2. The number of para-hydroxylation sites is 1. The van der Waals surface area contributed by atoms with Crippen LogP contribution in [0.15, 0.2) is 65.6 Å². The fraction of sp³-hybridized carbons (Fsp3) is 0.111. The van der Waals surface area contributed by atoms with Crippen molar-refractivity contribution in [2.45, 2.75) is 6.92 Å². The first kappa shape index (κ1) is 14.8. The molecule has 116 valence electrons. The Morgan fingerprint density at radius 1 is 1.09 bits per heavy atom. The van der Waals surface area contributed by atoms with Gasteiger partial charge in [0, 0.05) is 12.3 Å². The summed E-state index contributed by atoms with van der Waals surface area (Å²) in [6.45, 7) is 1.89. The van der Waals surface area contributed by atoms with Gasteiger partial charge in [0.05, 0.1) is 12.1 Å². The van der Waals surface area contributed by atoms with Gasteiger partial charge in [-0.15, -0.1) is 0 Å². The molecule has 0 aliphatic heterocycles. The van der Waals surface area contributed by atoms with Crippen molar-refractivity contribution in [3.63, 3.8) is 0 Å². The summed E-state index contributed by atoms with van der Waals surface area (Å²) in [5.74, 6) is 0.375. The molecule has 5 nitrogen and oxygen atoms in total. The Bertz CT molecular complexity index is 900. The van der Waals surface area contributed by atoms with Crippen molar-refractivity contribution < 1.29 is 14.3 Å². The number of esters is 1. The second-order valence-corrected chi connectivity index (χ2v) is 4.82. The maximum Gasteiger partial charge on any atom is 0.343 e. The number of rotatable bonds is 4. The van der Waals surface area contributed by atoms with Crippen LogP contribution in [0.4, 0.5) is 0 Å². The molecule has 2 heterocycles. The van der Waals surface area contributed by atoms with Gasteiger partial charge >= 0.3 is 5.97 Å². The van der Waals surface area contributed by atoms with Crippen molar-refractivity contribution in [1.29, 1.82) is 0 Å². The van der Waals surface area contributed by atoms with Gasteiger partial charge in [-0.3, -0.25) is 9.20 Å². The fourth-order valence-corrected chi connectivity index (χ4v) is 2.27. The molecule has 0 saturated carbocycles. The smallest absolute Gasteiger partial charge is 0.343 e. The molecule has 0 spiro atoms. The molecule has 0 amide bonds. The largest absolute Gasteiger partial charge is 0.462 e. The SMILES string of the molecule is CCOC(=O)c1cc(Oc2ccccc2)c2ccccn2c1=O. The molecule has 3 rings (SSSR count). The van der Waals surface area contributed by atoms with Gasteiger partial charge in [-0.25, -0.2) is 4.79 Å². The summed E-state index contributed by atoms with van der Waals surface area (Å²) in [6, 6.07) is 15.9. The lowest BCUT2D eigenvalue weighted by molar-refractivity contribution is 0.0523. The van der Waals surface area contributed by atoms with E-state index in [-0.39, 0.29) is 12.2 Å². The van der Waals surface area contributed by atoms with Crippen LogP contribution < -0.4 is 10.3 Å². The summed E-state index contributed by atoms with van der Waals surface area (Å²) in [5.41, 5.74) is 0.0929. The Morgan fingerprint density at radius 3 is 2.57 bits per heavy atom. The van der Waals surface area contributed by atoms with E-state index in [0.717, 1.165) is 0 Å². The summed E-state index contributed by atoms with van der Waals surface area (Å²) in [6.07, 6.45) is 1.60. The molecule has 23 heavy (non-hydrogen) atoms. The van der Waals surface area contributed by atoms with E-state index >= 15 is 0 Å². The molecule has 0 N–H and O–H groups in total. The van der Waals surface area contributed by atoms with Crippen LogP contribution in [0.25, 0.3) is 5.52 Å². The number of aromatic nitrogens is 1. The molecule has 0 aliphatic rings. The third-order valence-corrected chi connectivity index (χ3v) is 3.30. The first-order valence-electron chi connectivity index (χ1n) is 7.25. The van der Waals surface area contributed by atoms with E-state index in [4.69, 9.17) is 9.47 Å². The highest BCUT2D eigenvalue weighted by Gasteiger charge is 2.17. The predicted molar refractivity (Wildman–Crippen MR) is 86.1 cm³/mol. The summed E-state index contributed by atoms with van der Waals surface area (Å²) in [7, 11) is 0. The van der Waals surface area contributed by atoms with Crippen molar-refractivity contribution in [2.24, 2.45) is 0 Å². The minimum absolute atomic E-state index is 0.0542. The molecule has 0 radical (unpaired) electrons. The van der Waals surface area contributed by atoms with E-state index in [2.05, 4.69) is 0 Å². The van der Waals surface area contributed by atoms with Gasteiger partial charge in [0.1, 0.15) is 11.3 Å². The second-order valence-electron chi connectivity index (χ2n) is 4.82. The van der Waals surface area contributed by atoms with Crippen molar-refractivity contribution in [3.05, 3.63) is 76.7 Å². The normalized spacial score (nSPS) is 10.5. The number of fused-ring (bicyclic) bond motifs is 1. The maximum absolute atomic E-state index is 12.5. The molecule has 0 bridgehead atoms. The molecule has 2 aromatic heterocycles. The minimum Gasteiger partial charge on any atom is -0.462 e. The monoisotopic (exact) mass is 309 g/mol. The Morgan fingerprint density at radius 2 is 1.83 bits per heavy atom. The standard InChI is InChI=1S/C18H15NO4/c1-2-22-18(21)14-12-16(23-13-8-4-3-5-9-13)15-10-6-7-11-19(15)17(14)20/h3-12H,2H2,1H3. The van der Waals surface area contributed by atoms with E-state index < -0.39 is 11.5 Å². The molecular formula is C18H15NO4. The number of hydrogen-bond acceptors (Lipinski definition) is 4. The first-order chi connectivity index (χ1) is 11.2. The second kappa shape index (κ2) is 6.36. The highest BCUT2D eigenvalue weighted by atomic mass is 16.5. The average molecular weight is 309 g/mol. The molecule has 1 aromatic carbocycles. The molecule has 0 fully saturated rings. The number of carbonyl (C=O) groups excluding carboxylic acids is 1. The van der Waals surface area contributed by atoms with Crippen molar-refractivity contribution in [3.8, 4) is 11.5 Å². The quantitative estimate of drug-likeness (QED) is 0.694. The molecule has 0 aliphatic carbocycles. The Hall–Kier alpha value is -3.08. The van der Waals surface area contributed by atoms with Crippen molar-refractivity contribution >= 4 is 11.5 Å². The molecule has 5 heteroatoms. The number of nitrogens with zero attached hydrogens (tertiary/aromatic N) is 1. The summed E-state index contributed by atoms with van der Waals surface area (Å²) < 4.78 is 12.2. The van der Waals surface area contributed by atoms with Crippen LogP contribution in [-0.4, -0.2) is 17.0 Å². The maximum atomic E-state index is 12.5. The van der Waals surface area contributed by atoms with Crippen LogP contribution in [0.1, 0.15) is 17.3 Å². The van der Waals surface area contributed by atoms with E-state index in [9.17, 15) is 9.59 Å². The highest BCUT2D eigenvalue weighted by Crippen LogP contribution is 2.26. The summed E-state index contributed by atoms with van der Waals surface area (Å²) in [4.78, 5) is 24.5. The van der Waals surface area contributed by atoms with Crippen LogP contribution in [0, 0.1) is 0 Å². The Balaban J connectivity index is 2.17. The van der Waals surface area contributed by atoms with Gasteiger partial charge < -0.3 is 9.47 Å². The van der Waals surface area contributed by atoms with E-state index in [1.165, 1.54) is 10.5 Å². The number of pyridine rings is 2. The van der Waals surface area contributed by atoms with Crippen LogP contribution in [-0.2, 0) is 4.74 Å². The molecule has 0 unspecified atom stereocenters. The lowest BCUT2D eigenvalue weighted by atomic mass is 10.2. The Kier molecular flexibility index (Phi) is 4.10. The zero-order valence-corrected chi connectivity index (χ0v) is 12.6. The molecule has 0 atom stereocenters. The van der Waals surface area contributed by atoms with E-state index in [1.807, 2.05) is 18.2 Å². The third kappa shape index (κ3) is 2.94. The van der Waals surface area contributed by atoms with Crippen LogP contribution in [0.3, 0.4) is 0 Å². The predicted octanol–water partition coefficient (Wildman–Crippen LogP) is 3.27. The zero-order chi connectivity index (χ0) is 16.2. The van der Waals surface area contributed by atoms with Crippen LogP contribution in [0.5, 0.6) is 11.5 Å². The molecule has 3 aromatic rings. The molecule has 0 saturated heterocycles. The Labute approximate surface area is 132 Å². The van der Waals surface area contributed by atoms with Crippen molar-refractivity contribution in [1.82, 2.24) is 4.40 Å². The zero-order valence-electron chi connectivity index (χ0n) is 12.6. The van der Waals surface area contributed by atoms with Crippen molar-refractivity contribution in [2.75, 3.05) is 6.61 Å². The van der Waals surface area contributed by atoms with Gasteiger partial charge in [-0.2, -0.15) is 0 Å². The number of benzene rings is 1. The highest BCUT2D eigenvalue weighted by molar-refractivity contribution is 5.90. The van der Waals surface area contributed by atoms with E-state index in [0.29, 0.717) is 17.0 Å². The first-order valence-corrected chi connectivity index (χ1v) is 7.25. The van der Waals surface area contributed by atoms with Gasteiger partial charge in [0.15, 0.2) is 5.75 Å². The van der Waals surface area contributed by atoms with Crippen LogP contribution in [0.2, 0.25) is 0 Å². The van der Waals surface area contributed by atoms with Gasteiger partial charge in [-0.1, -0.05) is 24.3 Å². The average Bonchev–Trinajstić information content (AvgIpc) is 2.58. The summed E-state index contributed by atoms with van der Waals surface area (Å²) in [5, 5.41) is 0. The number of carbonyl (C=O) groups is 1. The third-order valence-electron chi connectivity index (χ3n) is 3.30. The lowest BCUT2D eigenvalue weighted by Gasteiger charge is -2.11. The topological polar surface area (TPSA) is 57.0 Å². The van der Waals surface area contributed by atoms with Crippen LogP contribution >= 0.6 is 0 Å². The molecular weight excluding hydrogens is 294 g/mol. The fourth-order valence-electron chi connectivity index (χ4n) is 2.27. The lowest BCUT2D eigenvalue weighted by Crippen LogP contribution is -2.23. The van der Waals surface area contributed by atoms with Gasteiger partial charge in [0.2, 0.25) is 0 Å². The van der Waals surface area contributed by atoms with Gasteiger partial charge in [0.25, 0.3) is 5.56 Å². The van der Waals surface area contributed by atoms with Gasteiger partial charge in [-0.05, 0) is 31.2 Å².